The molecule has 0 saturated carbocycles. The van der Waals surface area contributed by atoms with Gasteiger partial charge in [-0.1, -0.05) is 11.6 Å². The highest BCUT2D eigenvalue weighted by Crippen LogP contribution is 2.34. The van der Waals surface area contributed by atoms with Gasteiger partial charge in [-0.05, 0) is 19.0 Å². The van der Waals surface area contributed by atoms with Crippen molar-refractivity contribution in [1.29, 1.82) is 0 Å². The van der Waals surface area contributed by atoms with E-state index < -0.39 is 17.1 Å². The van der Waals surface area contributed by atoms with Crippen molar-refractivity contribution >= 4 is 23.0 Å². The zero-order valence-electron chi connectivity index (χ0n) is 9.41. The molecule has 8 heteroatoms. The van der Waals surface area contributed by atoms with Gasteiger partial charge >= 0.3 is 0 Å². The molecule has 0 aliphatic rings. The van der Waals surface area contributed by atoms with Gasteiger partial charge in [0.05, 0.1) is 11.0 Å². The number of rotatable bonds is 5. The number of halogens is 1. The Morgan fingerprint density at radius 2 is 2.06 bits per heavy atom. The van der Waals surface area contributed by atoms with Gasteiger partial charge in [0.15, 0.2) is 0 Å². The molecule has 1 aromatic carbocycles. The van der Waals surface area contributed by atoms with Gasteiger partial charge in [0.2, 0.25) is 0 Å². The summed E-state index contributed by atoms with van der Waals surface area (Å²) in [6, 6.07) is 2.23. The fraction of sp³-hybridized carbons (Fsp3) is 0.400. The number of hydrogen-bond acceptors (Lipinski definition) is 6. The van der Waals surface area contributed by atoms with Crippen molar-refractivity contribution in [1.82, 2.24) is 0 Å². The Kier molecular flexibility index (Phi) is 4.85. The van der Waals surface area contributed by atoms with Gasteiger partial charge in [0, 0.05) is 16.7 Å². The zero-order valence-corrected chi connectivity index (χ0v) is 10.2. The Balaban J connectivity index is 3.15. The first-order valence-corrected chi connectivity index (χ1v) is 5.55. The predicted molar refractivity (Wildman–Crippen MR) is 67.2 cm³/mol. The van der Waals surface area contributed by atoms with Crippen LogP contribution in [-0.4, -0.2) is 27.8 Å². The van der Waals surface area contributed by atoms with Gasteiger partial charge in [0.25, 0.3) is 5.69 Å². The minimum absolute atomic E-state index is 0.0542. The molecule has 7 nitrogen and oxygen atoms in total. The zero-order chi connectivity index (χ0) is 13.9. The average molecular weight is 276 g/mol. The third kappa shape index (κ3) is 3.08. The number of aliphatic hydroxyl groups is 2. The van der Waals surface area contributed by atoms with E-state index in [-0.39, 0.29) is 34.9 Å². The summed E-state index contributed by atoms with van der Waals surface area (Å²) >= 11 is 5.84. The number of anilines is 1. The average Bonchev–Trinajstić information content (AvgIpc) is 2.28. The predicted octanol–water partition coefficient (Wildman–Crippen LogP) is 0.574. The molecule has 2 atom stereocenters. The molecule has 0 spiro atoms. The molecular weight excluding hydrogens is 262 g/mol. The van der Waals surface area contributed by atoms with Crippen LogP contribution >= 0.6 is 11.6 Å². The maximum absolute atomic E-state index is 10.7. The summed E-state index contributed by atoms with van der Waals surface area (Å²) < 4.78 is 0. The number of nitrogens with zero attached hydrogens (tertiary/aromatic N) is 1. The van der Waals surface area contributed by atoms with E-state index >= 15 is 0 Å². The molecule has 18 heavy (non-hydrogen) atoms. The van der Waals surface area contributed by atoms with Crippen LogP contribution in [0.4, 0.5) is 11.4 Å². The lowest BCUT2D eigenvalue weighted by Gasteiger charge is -2.18. The fourth-order valence-corrected chi connectivity index (χ4v) is 1.80. The first-order valence-electron chi connectivity index (χ1n) is 5.18. The summed E-state index contributed by atoms with van der Waals surface area (Å²) in [5.41, 5.74) is 10.3. The summed E-state index contributed by atoms with van der Waals surface area (Å²) in [6.07, 6.45) is -2.34. The first-order chi connectivity index (χ1) is 8.38. The number of benzene rings is 1. The molecule has 0 aliphatic heterocycles. The Morgan fingerprint density at radius 1 is 1.44 bits per heavy atom. The van der Waals surface area contributed by atoms with Crippen LogP contribution in [-0.2, 0) is 0 Å². The lowest BCUT2D eigenvalue weighted by atomic mass is 10.0. The van der Waals surface area contributed by atoms with Crippen LogP contribution in [0.5, 0.6) is 0 Å². The molecule has 0 bridgehead atoms. The highest BCUT2D eigenvalue weighted by atomic mass is 35.5. The minimum Gasteiger partial charge on any atom is -0.393 e. The second kappa shape index (κ2) is 5.96. The highest BCUT2D eigenvalue weighted by Gasteiger charge is 2.24. The number of nitro benzene ring substituents is 1. The molecule has 0 amide bonds. The standard InChI is InChI=1S/C10H14ClN3O4/c11-6-4-7(13)8(14(17)18)3-5(6)10(16)9(15)1-2-12/h3-4,9-10,15-16H,1-2,12-13H2. The Morgan fingerprint density at radius 3 is 2.56 bits per heavy atom. The van der Waals surface area contributed by atoms with Crippen LogP contribution in [0, 0.1) is 10.1 Å². The highest BCUT2D eigenvalue weighted by molar-refractivity contribution is 6.31. The molecule has 0 fully saturated rings. The number of nitro groups is 1. The molecule has 0 radical (unpaired) electrons. The molecule has 2 unspecified atom stereocenters. The van der Waals surface area contributed by atoms with Crippen molar-refractivity contribution in [2.75, 3.05) is 12.3 Å². The Hall–Kier alpha value is -1.41. The summed E-state index contributed by atoms with van der Waals surface area (Å²) in [4.78, 5) is 10.0. The van der Waals surface area contributed by atoms with E-state index in [1.807, 2.05) is 0 Å². The van der Waals surface area contributed by atoms with E-state index in [4.69, 9.17) is 23.1 Å². The van der Waals surface area contributed by atoms with E-state index in [9.17, 15) is 20.3 Å². The monoisotopic (exact) mass is 275 g/mol. The Labute approximate surface area is 108 Å². The second-order valence-electron chi connectivity index (χ2n) is 3.78. The van der Waals surface area contributed by atoms with E-state index in [2.05, 4.69) is 0 Å². The van der Waals surface area contributed by atoms with E-state index in [0.29, 0.717) is 0 Å². The molecule has 1 rings (SSSR count). The van der Waals surface area contributed by atoms with Crippen LogP contribution in [0.15, 0.2) is 12.1 Å². The molecule has 6 N–H and O–H groups in total. The lowest BCUT2D eigenvalue weighted by molar-refractivity contribution is -0.384. The van der Waals surface area contributed by atoms with Crippen molar-refractivity contribution in [3.8, 4) is 0 Å². The second-order valence-corrected chi connectivity index (χ2v) is 4.19. The quantitative estimate of drug-likeness (QED) is 0.352. The summed E-state index contributed by atoms with van der Waals surface area (Å²) in [5, 5.41) is 30.2. The number of nitrogens with two attached hydrogens (primary N) is 2. The smallest absolute Gasteiger partial charge is 0.292 e. The van der Waals surface area contributed by atoms with Gasteiger partial charge in [-0.25, -0.2) is 0 Å². The van der Waals surface area contributed by atoms with E-state index in [1.54, 1.807) is 0 Å². The van der Waals surface area contributed by atoms with Gasteiger partial charge in [0.1, 0.15) is 11.8 Å². The lowest BCUT2D eigenvalue weighted by Crippen LogP contribution is -2.22. The number of aliphatic hydroxyl groups excluding tert-OH is 2. The maximum Gasteiger partial charge on any atom is 0.292 e. The first kappa shape index (κ1) is 14.7. The third-order valence-corrected chi connectivity index (χ3v) is 2.82. The van der Waals surface area contributed by atoms with Gasteiger partial charge in [-0.15, -0.1) is 0 Å². The summed E-state index contributed by atoms with van der Waals surface area (Å²) in [6.45, 7) is 0.174. The van der Waals surface area contributed by atoms with Crippen molar-refractivity contribution < 1.29 is 15.1 Å². The van der Waals surface area contributed by atoms with Crippen molar-refractivity contribution in [3.63, 3.8) is 0 Å². The molecule has 100 valence electrons. The normalized spacial score (nSPS) is 14.2. The van der Waals surface area contributed by atoms with Crippen molar-refractivity contribution in [2.45, 2.75) is 18.6 Å². The number of hydrogen-bond donors (Lipinski definition) is 4. The summed E-state index contributed by atoms with van der Waals surface area (Å²) in [5.74, 6) is 0. The molecule has 1 aromatic rings. The minimum atomic E-state index is -1.35. The topological polar surface area (TPSA) is 136 Å². The van der Waals surface area contributed by atoms with Crippen LogP contribution in [0.3, 0.4) is 0 Å². The van der Waals surface area contributed by atoms with Gasteiger partial charge in [-0.2, -0.15) is 0 Å². The SMILES string of the molecule is NCCC(O)C(O)c1cc([N+](=O)[O-])c(N)cc1Cl. The van der Waals surface area contributed by atoms with Crippen LogP contribution in [0.1, 0.15) is 18.1 Å². The van der Waals surface area contributed by atoms with Crippen LogP contribution in [0.25, 0.3) is 0 Å². The number of nitrogen functional groups attached to an aromatic ring is 1. The van der Waals surface area contributed by atoms with E-state index in [1.165, 1.54) is 6.07 Å². The molecule has 0 saturated heterocycles. The summed E-state index contributed by atoms with van der Waals surface area (Å²) in [7, 11) is 0. The third-order valence-electron chi connectivity index (χ3n) is 2.49. The molecule has 0 aliphatic carbocycles. The van der Waals surface area contributed by atoms with E-state index in [0.717, 1.165) is 6.07 Å². The molecule has 0 heterocycles. The van der Waals surface area contributed by atoms with Gasteiger partial charge < -0.3 is 21.7 Å². The van der Waals surface area contributed by atoms with Crippen LogP contribution < -0.4 is 11.5 Å². The van der Waals surface area contributed by atoms with Crippen molar-refractivity contribution in [3.05, 3.63) is 32.8 Å². The fourth-order valence-electron chi connectivity index (χ4n) is 1.51. The van der Waals surface area contributed by atoms with Crippen LogP contribution in [0.2, 0.25) is 5.02 Å². The Bertz CT molecular complexity index is 455. The molecule has 0 aromatic heterocycles. The maximum atomic E-state index is 10.7. The van der Waals surface area contributed by atoms with Gasteiger partial charge in [-0.3, -0.25) is 10.1 Å². The largest absolute Gasteiger partial charge is 0.393 e. The van der Waals surface area contributed by atoms with Crippen molar-refractivity contribution in [2.24, 2.45) is 5.73 Å². The molecular formula is C10H14ClN3O4.